The Morgan fingerprint density at radius 2 is 1.70 bits per heavy atom. The van der Waals surface area contributed by atoms with Crippen molar-refractivity contribution in [3.63, 3.8) is 0 Å². The largest absolute Gasteiger partial charge is 0.507 e. The normalized spacial score (nSPS) is 16.7. The molecular formula is C33H38N2O5. The molecule has 0 aromatic heterocycles. The molecule has 0 saturated carbocycles. The molecule has 0 spiro atoms. The van der Waals surface area contributed by atoms with E-state index in [1.54, 1.807) is 23.1 Å². The number of hydrogen-bond acceptors (Lipinski definition) is 6. The van der Waals surface area contributed by atoms with Gasteiger partial charge in [-0.3, -0.25) is 9.59 Å². The molecule has 210 valence electrons. The molecule has 1 saturated heterocycles. The summed E-state index contributed by atoms with van der Waals surface area (Å²) in [7, 11) is 3.93. The van der Waals surface area contributed by atoms with Crippen molar-refractivity contribution in [3.8, 4) is 17.2 Å². The van der Waals surface area contributed by atoms with Gasteiger partial charge in [0.25, 0.3) is 11.7 Å². The fourth-order valence-electron chi connectivity index (χ4n) is 4.76. The van der Waals surface area contributed by atoms with E-state index in [0.29, 0.717) is 48.1 Å². The van der Waals surface area contributed by atoms with E-state index in [1.807, 2.05) is 80.5 Å². The number of benzene rings is 3. The number of para-hydroxylation sites is 1. The van der Waals surface area contributed by atoms with Crippen molar-refractivity contribution in [1.29, 1.82) is 0 Å². The molecule has 3 aromatic carbocycles. The number of aliphatic hydroxyl groups excluding tert-OH is 1. The summed E-state index contributed by atoms with van der Waals surface area (Å²) < 4.78 is 11.9. The van der Waals surface area contributed by atoms with Crippen molar-refractivity contribution in [3.05, 3.63) is 95.1 Å². The lowest BCUT2D eigenvalue weighted by Gasteiger charge is -2.26. The van der Waals surface area contributed by atoms with Crippen LogP contribution in [0.15, 0.2) is 78.4 Å². The average molecular weight is 543 g/mol. The Morgan fingerprint density at radius 3 is 2.38 bits per heavy atom. The van der Waals surface area contributed by atoms with Crippen LogP contribution in [0.5, 0.6) is 17.2 Å². The fraction of sp³-hybridized carbons (Fsp3) is 0.333. The smallest absolute Gasteiger partial charge is 0.295 e. The van der Waals surface area contributed by atoms with E-state index in [9.17, 15) is 14.7 Å². The number of carbonyl (C=O) groups excluding carboxylic acids is 2. The lowest BCUT2D eigenvalue weighted by atomic mass is 9.94. The molecule has 3 aromatic rings. The molecule has 0 bridgehead atoms. The number of nitrogens with zero attached hydrogens (tertiary/aromatic N) is 2. The maximum atomic E-state index is 13.4. The summed E-state index contributed by atoms with van der Waals surface area (Å²) in [5, 5.41) is 11.5. The van der Waals surface area contributed by atoms with Gasteiger partial charge in [0.2, 0.25) is 0 Å². The van der Waals surface area contributed by atoms with Gasteiger partial charge in [-0.05, 0) is 93.5 Å². The molecule has 0 aliphatic carbocycles. The predicted octanol–water partition coefficient (Wildman–Crippen LogP) is 6.20. The van der Waals surface area contributed by atoms with E-state index in [0.717, 1.165) is 17.9 Å². The molecule has 7 nitrogen and oxygen atoms in total. The van der Waals surface area contributed by atoms with Crippen molar-refractivity contribution in [2.24, 2.45) is 5.92 Å². The summed E-state index contributed by atoms with van der Waals surface area (Å²) in [5.41, 5.74) is 2.05. The molecule has 1 amide bonds. The molecule has 7 heteroatoms. The highest BCUT2D eigenvalue weighted by molar-refractivity contribution is 6.46. The monoisotopic (exact) mass is 542 g/mol. The number of ketones is 1. The van der Waals surface area contributed by atoms with Crippen LogP contribution in [0.2, 0.25) is 0 Å². The number of amides is 1. The van der Waals surface area contributed by atoms with Crippen LogP contribution in [0.4, 0.5) is 0 Å². The van der Waals surface area contributed by atoms with Gasteiger partial charge in [-0.1, -0.05) is 44.2 Å². The third kappa shape index (κ3) is 6.72. The number of carbonyl (C=O) groups is 2. The van der Waals surface area contributed by atoms with E-state index in [-0.39, 0.29) is 11.3 Å². The van der Waals surface area contributed by atoms with E-state index >= 15 is 0 Å². The molecule has 1 aliphatic heterocycles. The summed E-state index contributed by atoms with van der Waals surface area (Å²) in [6, 6.07) is 21.3. The molecule has 4 rings (SSSR count). The van der Waals surface area contributed by atoms with Crippen molar-refractivity contribution in [2.75, 3.05) is 33.8 Å². The Bertz CT molecular complexity index is 1380. The minimum absolute atomic E-state index is 0.0713. The van der Waals surface area contributed by atoms with Gasteiger partial charge in [0, 0.05) is 12.1 Å². The number of ether oxygens (including phenoxy) is 2. The maximum absolute atomic E-state index is 13.4. The molecule has 1 heterocycles. The Morgan fingerprint density at radius 1 is 0.975 bits per heavy atom. The minimum atomic E-state index is -0.751. The quantitative estimate of drug-likeness (QED) is 0.177. The number of hydrogen-bond donors (Lipinski definition) is 1. The van der Waals surface area contributed by atoms with Crippen LogP contribution < -0.4 is 9.47 Å². The lowest BCUT2D eigenvalue weighted by molar-refractivity contribution is -0.139. The van der Waals surface area contributed by atoms with Gasteiger partial charge >= 0.3 is 0 Å². The second kappa shape index (κ2) is 12.8. The Hall–Kier alpha value is -4.10. The first-order chi connectivity index (χ1) is 19.2. The maximum Gasteiger partial charge on any atom is 0.295 e. The molecule has 1 atom stereocenters. The lowest BCUT2D eigenvalue weighted by Crippen LogP contribution is -2.32. The van der Waals surface area contributed by atoms with Crippen LogP contribution in [-0.4, -0.2) is 60.4 Å². The third-order valence-corrected chi connectivity index (χ3v) is 6.72. The first-order valence-electron chi connectivity index (χ1n) is 13.7. The van der Waals surface area contributed by atoms with Crippen LogP contribution in [0.25, 0.3) is 5.76 Å². The van der Waals surface area contributed by atoms with Crippen LogP contribution >= 0.6 is 0 Å². The van der Waals surface area contributed by atoms with Gasteiger partial charge in [-0.25, -0.2) is 0 Å². The van der Waals surface area contributed by atoms with Gasteiger partial charge in [-0.2, -0.15) is 0 Å². The zero-order chi connectivity index (χ0) is 28.8. The highest BCUT2D eigenvalue weighted by Gasteiger charge is 2.46. The van der Waals surface area contributed by atoms with Gasteiger partial charge in [-0.15, -0.1) is 0 Å². The molecule has 1 aliphatic rings. The van der Waals surface area contributed by atoms with Crippen molar-refractivity contribution in [2.45, 2.75) is 33.2 Å². The molecule has 0 unspecified atom stereocenters. The Kier molecular flexibility index (Phi) is 9.27. The first kappa shape index (κ1) is 28.9. The van der Waals surface area contributed by atoms with Gasteiger partial charge in [0.1, 0.15) is 23.0 Å². The van der Waals surface area contributed by atoms with Gasteiger partial charge < -0.3 is 24.4 Å². The van der Waals surface area contributed by atoms with Crippen molar-refractivity contribution < 1.29 is 24.2 Å². The van der Waals surface area contributed by atoms with E-state index < -0.39 is 17.7 Å². The highest BCUT2D eigenvalue weighted by atomic mass is 16.5. The standard InChI is InChI=1S/C33H38N2O5/c1-22(2)21-39-28-16-15-25(19-23(28)3)31(36)29-30(35(33(38)32(29)37)18-10-17-34(4)5)24-11-9-14-27(20-24)40-26-12-7-6-8-13-26/h6-9,11-16,19-20,22,30,36H,10,17-18,21H2,1-5H3/t30-/m0/s1. The van der Waals surface area contributed by atoms with Gasteiger partial charge in [0.15, 0.2) is 0 Å². The molecular weight excluding hydrogens is 504 g/mol. The van der Waals surface area contributed by atoms with E-state index in [4.69, 9.17) is 9.47 Å². The van der Waals surface area contributed by atoms with E-state index in [1.165, 1.54) is 0 Å². The highest BCUT2D eigenvalue weighted by Crippen LogP contribution is 2.41. The number of Topliss-reactive ketones (excluding diaryl/α,β-unsaturated/α-hetero) is 1. The zero-order valence-electron chi connectivity index (χ0n) is 23.9. The summed E-state index contributed by atoms with van der Waals surface area (Å²) in [4.78, 5) is 30.4. The van der Waals surface area contributed by atoms with E-state index in [2.05, 4.69) is 13.8 Å². The number of rotatable bonds is 11. The summed E-state index contributed by atoms with van der Waals surface area (Å²) in [6.45, 7) is 7.75. The molecule has 40 heavy (non-hydrogen) atoms. The first-order valence-corrected chi connectivity index (χ1v) is 13.7. The molecule has 1 fully saturated rings. The molecule has 1 N–H and O–H groups in total. The summed E-state index contributed by atoms with van der Waals surface area (Å²) >= 11 is 0. The minimum Gasteiger partial charge on any atom is -0.507 e. The van der Waals surface area contributed by atoms with Crippen molar-refractivity contribution in [1.82, 2.24) is 9.80 Å². The SMILES string of the molecule is Cc1cc(C(O)=C2C(=O)C(=O)N(CCCN(C)C)[C@H]2c2cccc(Oc3ccccc3)c2)ccc1OCC(C)C. The number of aliphatic hydroxyl groups is 1. The van der Waals surface area contributed by atoms with Crippen LogP contribution in [0.1, 0.15) is 43.0 Å². The van der Waals surface area contributed by atoms with Crippen LogP contribution in [-0.2, 0) is 9.59 Å². The zero-order valence-corrected chi connectivity index (χ0v) is 23.9. The average Bonchev–Trinajstić information content (AvgIpc) is 3.17. The fourth-order valence-corrected chi connectivity index (χ4v) is 4.76. The van der Waals surface area contributed by atoms with Gasteiger partial charge in [0.05, 0.1) is 18.2 Å². The van der Waals surface area contributed by atoms with Crippen LogP contribution in [0, 0.1) is 12.8 Å². The second-order valence-electron chi connectivity index (χ2n) is 10.8. The Balaban J connectivity index is 1.75. The second-order valence-corrected chi connectivity index (χ2v) is 10.8. The van der Waals surface area contributed by atoms with Crippen LogP contribution in [0.3, 0.4) is 0 Å². The summed E-state index contributed by atoms with van der Waals surface area (Å²) in [6.07, 6.45) is 0.678. The third-order valence-electron chi connectivity index (χ3n) is 6.72. The Labute approximate surface area is 236 Å². The summed E-state index contributed by atoms with van der Waals surface area (Å²) in [5.74, 6) is 0.827. The molecule has 0 radical (unpaired) electrons. The predicted molar refractivity (Wildman–Crippen MR) is 157 cm³/mol. The number of aryl methyl sites for hydroxylation is 1. The number of likely N-dealkylation sites (tertiary alicyclic amines) is 1. The van der Waals surface area contributed by atoms with Crippen molar-refractivity contribution >= 4 is 17.4 Å². The topological polar surface area (TPSA) is 79.3 Å².